The summed E-state index contributed by atoms with van der Waals surface area (Å²) in [6.45, 7) is 0. The first kappa shape index (κ1) is 14.6. The third-order valence-corrected chi connectivity index (χ3v) is 4.18. The van der Waals surface area contributed by atoms with Crippen LogP contribution in [0.1, 0.15) is 31.2 Å². The molecule has 2 fully saturated rings. The first-order valence-corrected chi connectivity index (χ1v) is 6.79. The maximum atomic E-state index is 14.0. The zero-order chi connectivity index (χ0) is 15.3. The molecule has 1 aromatic rings. The summed E-state index contributed by atoms with van der Waals surface area (Å²) in [6.07, 6.45) is -2.50. The Labute approximate surface area is 118 Å². The van der Waals surface area contributed by atoms with Crippen molar-refractivity contribution in [3.8, 4) is 5.75 Å². The van der Waals surface area contributed by atoms with Crippen LogP contribution in [-0.2, 0) is 5.60 Å². The van der Waals surface area contributed by atoms with E-state index in [9.17, 15) is 22.7 Å². The van der Waals surface area contributed by atoms with Crippen molar-refractivity contribution < 1.29 is 27.4 Å². The Hall–Kier alpha value is -1.34. The number of fused-ring (bicyclic) bond motifs is 2. The second-order valence-electron chi connectivity index (χ2n) is 5.77. The first-order valence-electron chi connectivity index (χ1n) is 6.79. The summed E-state index contributed by atoms with van der Waals surface area (Å²) in [5, 5.41) is 14.0. The quantitative estimate of drug-likeness (QED) is 0.826. The molecule has 116 valence electrons. The summed E-state index contributed by atoms with van der Waals surface area (Å²) >= 11 is 0. The van der Waals surface area contributed by atoms with Crippen molar-refractivity contribution in [3.05, 3.63) is 29.6 Å². The monoisotopic (exact) mass is 305 g/mol. The van der Waals surface area contributed by atoms with Crippen molar-refractivity contribution in [2.75, 3.05) is 0 Å². The summed E-state index contributed by atoms with van der Waals surface area (Å²) in [7, 11) is 0. The Morgan fingerprint density at radius 3 is 2.38 bits per heavy atom. The predicted molar refractivity (Wildman–Crippen MR) is 66.2 cm³/mol. The number of ether oxygens (including phenoxy) is 1. The fraction of sp³-hybridized carbons (Fsp3) is 0.571. The molecular formula is C14H15F4NO2. The molecule has 3 nitrogen and oxygen atoms in total. The van der Waals surface area contributed by atoms with Crippen LogP contribution in [0.25, 0.3) is 0 Å². The van der Waals surface area contributed by atoms with Crippen LogP contribution >= 0.6 is 0 Å². The number of hydrogen-bond donors (Lipinski definition) is 2. The van der Waals surface area contributed by atoms with Crippen molar-refractivity contribution in [1.82, 2.24) is 5.32 Å². The normalized spacial score (nSPS) is 32.2. The Kier molecular flexibility index (Phi) is 3.37. The molecule has 2 atom stereocenters. The molecule has 0 amide bonds. The van der Waals surface area contributed by atoms with E-state index in [0.29, 0.717) is 0 Å². The molecule has 7 heteroatoms. The summed E-state index contributed by atoms with van der Waals surface area (Å²) in [4.78, 5) is 0. The summed E-state index contributed by atoms with van der Waals surface area (Å²) in [5.41, 5.74) is -1.57. The van der Waals surface area contributed by atoms with E-state index in [1.165, 1.54) is 0 Å². The van der Waals surface area contributed by atoms with Gasteiger partial charge in [-0.1, -0.05) is 0 Å². The highest BCUT2D eigenvalue weighted by Crippen LogP contribution is 2.42. The third-order valence-electron chi connectivity index (χ3n) is 4.18. The largest absolute Gasteiger partial charge is 0.573 e. The molecule has 0 radical (unpaired) electrons. The van der Waals surface area contributed by atoms with Gasteiger partial charge in [-0.3, -0.25) is 0 Å². The molecule has 0 aromatic heterocycles. The second-order valence-corrected chi connectivity index (χ2v) is 5.77. The maximum absolute atomic E-state index is 14.0. The van der Waals surface area contributed by atoms with Gasteiger partial charge in [0.05, 0.1) is 5.60 Å². The molecule has 0 spiro atoms. The molecule has 0 saturated carbocycles. The van der Waals surface area contributed by atoms with Gasteiger partial charge in [0.1, 0.15) is 11.6 Å². The van der Waals surface area contributed by atoms with E-state index in [0.717, 1.165) is 31.0 Å². The highest BCUT2D eigenvalue weighted by atomic mass is 19.4. The predicted octanol–water partition coefficient (Wildman–Crippen LogP) is 2.83. The molecule has 2 heterocycles. The number of nitrogens with one attached hydrogen (secondary N) is 1. The van der Waals surface area contributed by atoms with Crippen molar-refractivity contribution in [1.29, 1.82) is 0 Å². The number of alkyl halides is 3. The standard InChI is InChI=1S/C14H15F4NO2/c15-12-4-3-10(21-14(16,17)18)5-11(12)13(20)6-8-1-2-9(7-13)19-8/h3-5,8-9,19-20H,1-2,6-7H2. The van der Waals surface area contributed by atoms with Crippen molar-refractivity contribution in [3.63, 3.8) is 0 Å². The average molecular weight is 305 g/mol. The maximum Gasteiger partial charge on any atom is 0.573 e. The number of hydrogen-bond acceptors (Lipinski definition) is 3. The minimum absolute atomic E-state index is 0.0698. The van der Waals surface area contributed by atoms with Crippen LogP contribution in [0.15, 0.2) is 18.2 Å². The Bertz CT molecular complexity index is 534. The molecular weight excluding hydrogens is 290 g/mol. The topological polar surface area (TPSA) is 41.5 Å². The molecule has 2 N–H and O–H groups in total. The van der Waals surface area contributed by atoms with E-state index in [1.807, 2.05) is 0 Å². The summed E-state index contributed by atoms with van der Waals surface area (Å²) in [5.74, 6) is -1.23. The van der Waals surface area contributed by atoms with E-state index >= 15 is 0 Å². The second kappa shape index (κ2) is 4.84. The van der Waals surface area contributed by atoms with Gasteiger partial charge in [0, 0.05) is 17.6 Å². The SMILES string of the molecule is OC1(c2cc(OC(F)(F)F)ccc2F)CC2CCC(C1)N2. The number of piperidine rings is 1. The molecule has 0 aliphatic carbocycles. The highest BCUT2D eigenvalue weighted by molar-refractivity contribution is 5.35. The Morgan fingerprint density at radius 2 is 1.81 bits per heavy atom. The average Bonchev–Trinajstić information content (AvgIpc) is 2.70. The van der Waals surface area contributed by atoms with Crippen molar-refractivity contribution in [2.45, 2.75) is 49.7 Å². The molecule has 21 heavy (non-hydrogen) atoms. The lowest BCUT2D eigenvalue weighted by atomic mass is 9.81. The lowest BCUT2D eigenvalue weighted by molar-refractivity contribution is -0.274. The molecule has 2 unspecified atom stereocenters. The lowest BCUT2D eigenvalue weighted by Gasteiger charge is -2.37. The van der Waals surface area contributed by atoms with Crippen LogP contribution in [0.2, 0.25) is 0 Å². The highest BCUT2D eigenvalue weighted by Gasteiger charge is 2.45. The van der Waals surface area contributed by atoms with E-state index in [4.69, 9.17) is 0 Å². The van der Waals surface area contributed by atoms with Gasteiger partial charge in [0.25, 0.3) is 0 Å². The van der Waals surface area contributed by atoms with Gasteiger partial charge in [-0.25, -0.2) is 4.39 Å². The Balaban J connectivity index is 1.92. The van der Waals surface area contributed by atoms with Gasteiger partial charge in [-0.15, -0.1) is 13.2 Å². The number of rotatable bonds is 2. The zero-order valence-corrected chi connectivity index (χ0v) is 11.1. The van der Waals surface area contributed by atoms with Gasteiger partial charge in [0.15, 0.2) is 0 Å². The van der Waals surface area contributed by atoms with Crippen LogP contribution in [0.3, 0.4) is 0 Å². The van der Waals surface area contributed by atoms with Gasteiger partial charge >= 0.3 is 6.36 Å². The van der Waals surface area contributed by atoms with E-state index in [-0.39, 0.29) is 30.5 Å². The third kappa shape index (κ3) is 2.98. The van der Waals surface area contributed by atoms with Crippen molar-refractivity contribution in [2.24, 2.45) is 0 Å². The Morgan fingerprint density at radius 1 is 1.19 bits per heavy atom. The smallest absolute Gasteiger partial charge is 0.406 e. The number of benzene rings is 1. The van der Waals surface area contributed by atoms with Gasteiger partial charge in [-0.05, 0) is 43.9 Å². The van der Waals surface area contributed by atoms with Gasteiger partial charge < -0.3 is 15.2 Å². The molecule has 2 aliphatic rings. The minimum atomic E-state index is -4.84. The number of aliphatic hydroxyl groups is 1. The molecule has 1 aromatic carbocycles. The van der Waals surface area contributed by atoms with Crippen LogP contribution in [-0.4, -0.2) is 23.6 Å². The van der Waals surface area contributed by atoms with Gasteiger partial charge in [0.2, 0.25) is 0 Å². The molecule has 2 aliphatic heterocycles. The van der Waals surface area contributed by atoms with Crippen LogP contribution < -0.4 is 10.1 Å². The molecule has 3 rings (SSSR count). The summed E-state index contributed by atoms with van der Waals surface area (Å²) in [6, 6.07) is 2.90. The van der Waals surface area contributed by atoms with E-state index in [2.05, 4.69) is 10.1 Å². The fourth-order valence-corrected chi connectivity index (χ4v) is 3.40. The summed E-state index contributed by atoms with van der Waals surface area (Å²) < 4.78 is 54.6. The van der Waals surface area contributed by atoms with Crippen molar-refractivity contribution >= 4 is 0 Å². The van der Waals surface area contributed by atoms with Crippen LogP contribution in [0.4, 0.5) is 17.6 Å². The minimum Gasteiger partial charge on any atom is -0.406 e. The zero-order valence-electron chi connectivity index (χ0n) is 11.1. The van der Waals surface area contributed by atoms with Crippen LogP contribution in [0, 0.1) is 5.82 Å². The first-order chi connectivity index (χ1) is 9.75. The molecule has 2 saturated heterocycles. The van der Waals surface area contributed by atoms with Gasteiger partial charge in [-0.2, -0.15) is 0 Å². The molecule has 2 bridgehead atoms. The van der Waals surface area contributed by atoms with E-state index < -0.39 is 23.5 Å². The van der Waals surface area contributed by atoms with Crippen LogP contribution in [0.5, 0.6) is 5.75 Å². The van der Waals surface area contributed by atoms with E-state index in [1.54, 1.807) is 0 Å². The lowest BCUT2D eigenvalue weighted by Crippen LogP contribution is -2.47. The fourth-order valence-electron chi connectivity index (χ4n) is 3.40. The number of halogens is 4.